The average molecular weight is 241 g/mol. The molecule has 1 atom stereocenters. The zero-order valence-electron chi connectivity index (χ0n) is 7.91. The molecule has 1 aromatic heterocycles. The quantitative estimate of drug-likeness (QED) is 0.879. The van der Waals surface area contributed by atoms with E-state index >= 15 is 0 Å². The Balaban J connectivity index is 2.38. The van der Waals surface area contributed by atoms with Gasteiger partial charge in [-0.2, -0.15) is 13.2 Å². The minimum atomic E-state index is -4.32. The summed E-state index contributed by atoms with van der Waals surface area (Å²) in [5.41, 5.74) is 0. The Kier molecular flexibility index (Phi) is 4.06. The molecular formula is C8H10F3NO2S. The van der Waals surface area contributed by atoms with Crippen molar-refractivity contribution in [2.24, 2.45) is 0 Å². The predicted molar refractivity (Wildman–Crippen MR) is 48.5 cm³/mol. The number of halogens is 3. The van der Waals surface area contributed by atoms with Gasteiger partial charge in [-0.1, -0.05) is 0 Å². The summed E-state index contributed by atoms with van der Waals surface area (Å²) in [5.74, 6) is 0. The molecule has 0 aliphatic heterocycles. The molecule has 0 amide bonds. The molecule has 0 bridgehead atoms. The maximum absolute atomic E-state index is 11.7. The van der Waals surface area contributed by atoms with Crippen molar-refractivity contribution in [3.8, 4) is 0 Å². The molecule has 1 aromatic rings. The highest BCUT2D eigenvalue weighted by molar-refractivity contribution is 7.11. The van der Waals surface area contributed by atoms with Crippen LogP contribution in [0, 0.1) is 0 Å². The zero-order chi connectivity index (χ0) is 11.5. The number of rotatable bonds is 4. The lowest BCUT2D eigenvalue weighted by Gasteiger charge is -2.05. The van der Waals surface area contributed by atoms with Gasteiger partial charge in [-0.3, -0.25) is 0 Å². The summed E-state index contributed by atoms with van der Waals surface area (Å²) in [5, 5.41) is 9.57. The smallest absolute Gasteiger partial charge is 0.388 e. The van der Waals surface area contributed by atoms with Crippen LogP contribution in [0.5, 0.6) is 0 Å². The zero-order valence-corrected chi connectivity index (χ0v) is 8.73. The maximum Gasteiger partial charge on any atom is 0.411 e. The van der Waals surface area contributed by atoms with E-state index in [1.54, 1.807) is 6.92 Å². The van der Waals surface area contributed by atoms with E-state index in [9.17, 15) is 13.2 Å². The second-order valence-electron chi connectivity index (χ2n) is 2.94. The van der Waals surface area contributed by atoms with Crippen molar-refractivity contribution < 1.29 is 23.0 Å². The van der Waals surface area contributed by atoms with E-state index in [2.05, 4.69) is 9.72 Å². The van der Waals surface area contributed by atoms with Gasteiger partial charge in [-0.25, -0.2) is 4.98 Å². The van der Waals surface area contributed by atoms with Crippen molar-refractivity contribution in [1.29, 1.82) is 0 Å². The van der Waals surface area contributed by atoms with Gasteiger partial charge in [-0.15, -0.1) is 11.3 Å². The fourth-order valence-corrected chi connectivity index (χ4v) is 1.63. The monoisotopic (exact) mass is 241 g/mol. The fraction of sp³-hybridized carbons (Fsp3) is 0.625. The average Bonchev–Trinajstić information content (AvgIpc) is 2.50. The van der Waals surface area contributed by atoms with E-state index in [-0.39, 0.29) is 6.61 Å². The molecule has 7 heteroatoms. The van der Waals surface area contributed by atoms with Crippen LogP contribution in [0.2, 0.25) is 0 Å². The molecule has 1 rings (SSSR count). The first kappa shape index (κ1) is 12.4. The Morgan fingerprint density at radius 3 is 2.73 bits per heavy atom. The highest BCUT2D eigenvalue weighted by atomic mass is 32.1. The largest absolute Gasteiger partial charge is 0.411 e. The van der Waals surface area contributed by atoms with Crippen LogP contribution in [0.15, 0.2) is 6.20 Å². The number of ether oxygens (including phenoxy) is 1. The third-order valence-electron chi connectivity index (χ3n) is 1.47. The lowest BCUT2D eigenvalue weighted by molar-refractivity contribution is -0.176. The van der Waals surface area contributed by atoms with Crippen molar-refractivity contribution in [3.63, 3.8) is 0 Å². The Labute approximate surface area is 88.5 Å². The number of hydrogen-bond donors (Lipinski definition) is 1. The van der Waals surface area contributed by atoms with Crippen molar-refractivity contribution in [2.75, 3.05) is 6.61 Å². The lowest BCUT2D eigenvalue weighted by Crippen LogP contribution is -2.16. The summed E-state index contributed by atoms with van der Waals surface area (Å²) in [6.07, 6.45) is -3.54. The molecule has 0 spiro atoms. The number of aromatic nitrogens is 1. The summed E-state index contributed by atoms with van der Waals surface area (Å²) >= 11 is 1.14. The number of nitrogens with zero attached hydrogens (tertiary/aromatic N) is 1. The third-order valence-corrected chi connectivity index (χ3v) is 2.62. The molecule has 0 radical (unpaired) electrons. The van der Waals surface area contributed by atoms with E-state index in [1.807, 2.05) is 0 Å². The summed E-state index contributed by atoms with van der Waals surface area (Å²) in [6.45, 7) is 0.0986. The van der Waals surface area contributed by atoms with Gasteiger partial charge in [0.1, 0.15) is 11.6 Å². The fourth-order valence-electron chi connectivity index (χ4n) is 0.838. The molecular weight excluding hydrogens is 231 g/mol. The number of aliphatic hydroxyl groups excluding tert-OH is 1. The van der Waals surface area contributed by atoms with Crippen LogP contribution in [-0.4, -0.2) is 22.9 Å². The summed E-state index contributed by atoms with van der Waals surface area (Å²) in [6, 6.07) is 0. The third kappa shape index (κ3) is 4.59. The molecule has 0 fully saturated rings. The van der Waals surface area contributed by atoms with Gasteiger partial charge in [0, 0.05) is 6.20 Å². The predicted octanol–water partition coefficient (Wildman–Crippen LogP) is 2.28. The molecule has 0 aliphatic rings. The van der Waals surface area contributed by atoms with Gasteiger partial charge < -0.3 is 9.84 Å². The second-order valence-corrected chi connectivity index (χ2v) is 4.09. The SMILES string of the molecule is CC(O)c1cnc(COCC(F)(F)F)s1. The molecule has 0 aliphatic carbocycles. The van der Waals surface area contributed by atoms with Gasteiger partial charge in [0.15, 0.2) is 0 Å². The first-order valence-corrected chi connectivity index (χ1v) is 4.97. The van der Waals surface area contributed by atoms with Crippen molar-refractivity contribution >= 4 is 11.3 Å². The van der Waals surface area contributed by atoms with E-state index in [1.165, 1.54) is 6.20 Å². The molecule has 0 aromatic carbocycles. The standard InChI is InChI=1S/C8H10F3NO2S/c1-5(13)6-2-12-7(15-6)3-14-4-8(9,10)11/h2,5,13H,3-4H2,1H3. The first-order chi connectivity index (χ1) is 6.88. The van der Waals surface area contributed by atoms with Gasteiger partial charge in [0.25, 0.3) is 0 Å². The summed E-state index contributed by atoms with van der Waals surface area (Å²) in [4.78, 5) is 4.43. The van der Waals surface area contributed by atoms with Crippen LogP contribution >= 0.6 is 11.3 Å². The Morgan fingerprint density at radius 2 is 2.27 bits per heavy atom. The highest BCUT2D eigenvalue weighted by Gasteiger charge is 2.27. The molecule has 3 nitrogen and oxygen atoms in total. The topological polar surface area (TPSA) is 42.4 Å². The highest BCUT2D eigenvalue weighted by Crippen LogP contribution is 2.21. The Morgan fingerprint density at radius 1 is 1.60 bits per heavy atom. The molecule has 1 unspecified atom stereocenters. The van der Waals surface area contributed by atoms with E-state index in [4.69, 9.17) is 5.11 Å². The van der Waals surface area contributed by atoms with Crippen LogP contribution in [0.4, 0.5) is 13.2 Å². The lowest BCUT2D eigenvalue weighted by atomic mass is 10.4. The molecule has 15 heavy (non-hydrogen) atoms. The normalized spacial score (nSPS) is 14.2. The first-order valence-electron chi connectivity index (χ1n) is 4.15. The van der Waals surface area contributed by atoms with Crippen LogP contribution < -0.4 is 0 Å². The van der Waals surface area contributed by atoms with Crippen molar-refractivity contribution in [1.82, 2.24) is 4.98 Å². The molecule has 1 N–H and O–H groups in total. The van der Waals surface area contributed by atoms with E-state index in [0.717, 1.165) is 11.3 Å². The van der Waals surface area contributed by atoms with Crippen LogP contribution in [0.1, 0.15) is 22.9 Å². The van der Waals surface area contributed by atoms with Gasteiger partial charge in [0.05, 0.1) is 17.6 Å². The number of alkyl halides is 3. The number of thiazole rings is 1. The van der Waals surface area contributed by atoms with E-state index in [0.29, 0.717) is 9.88 Å². The van der Waals surface area contributed by atoms with Gasteiger partial charge >= 0.3 is 6.18 Å². The van der Waals surface area contributed by atoms with Crippen LogP contribution in [-0.2, 0) is 11.3 Å². The van der Waals surface area contributed by atoms with Crippen LogP contribution in [0.25, 0.3) is 0 Å². The number of hydrogen-bond acceptors (Lipinski definition) is 4. The summed E-state index contributed by atoms with van der Waals surface area (Å²) in [7, 11) is 0. The van der Waals surface area contributed by atoms with Crippen molar-refractivity contribution in [2.45, 2.75) is 25.8 Å². The summed E-state index contributed by atoms with van der Waals surface area (Å²) < 4.78 is 39.5. The second kappa shape index (κ2) is 4.91. The minimum absolute atomic E-state index is 0.184. The van der Waals surface area contributed by atoms with Gasteiger partial charge in [0.2, 0.25) is 0 Å². The number of aliphatic hydroxyl groups is 1. The van der Waals surface area contributed by atoms with Crippen molar-refractivity contribution in [3.05, 3.63) is 16.1 Å². The Hall–Kier alpha value is -0.660. The maximum atomic E-state index is 11.7. The van der Waals surface area contributed by atoms with E-state index < -0.39 is 18.9 Å². The molecule has 1 heterocycles. The molecule has 86 valence electrons. The van der Waals surface area contributed by atoms with Crippen LogP contribution in [0.3, 0.4) is 0 Å². The Bertz CT molecular complexity index is 311. The molecule has 0 saturated carbocycles. The minimum Gasteiger partial charge on any atom is -0.388 e. The van der Waals surface area contributed by atoms with Gasteiger partial charge in [-0.05, 0) is 6.92 Å². The molecule has 0 saturated heterocycles.